The van der Waals surface area contributed by atoms with Crippen LogP contribution in [-0.2, 0) is 27.1 Å². The lowest BCUT2D eigenvalue weighted by molar-refractivity contribution is -0.119. The molecule has 0 N–H and O–H groups in total. The predicted octanol–water partition coefficient (Wildman–Crippen LogP) is 8.17. The van der Waals surface area contributed by atoms with Crippen LogP contribution in [-0.4, -0.2) is 46.8 Å². The van der Waals surface area contributed by atoms with Gasteiger partial charge in [0.15, 0.2) is 0 Å². The predicted molar refractivity (Wildman–Crippen MR) is 163 cm³/mol. The van der Waals surface area contributed by atoms with E-state index in [1.807, 2.05) is 0 Å². The van der Waals surface area contributed by atoms with Crippen molar-refractivity contribution >= 4 is 11.9 Å². The molecule has 1 heterocycles. The molecule has 1 aliphatic heterocycles. The Bertz CT molecular complexity index is 1610. The average Bonchev–Trinajstić information content (AvgIpc) is 3.25. The van der Waals surface area contributed by atoms with Crippen molar-refractivity contribution in [3.05, 3.63) is 117 Å². The third-order valence-corrected chi connectivity index (χ3v) is 7.77. The first-order chi connectivity index (χ1) is 21.6. The minimum absolute atomic E-state index is 0.000376. The molecule has 0 spiro atoms. The Hall–Kier alpha value is -4.41. The molecular formula is C34H36F4N4O4. The minimum atomic E-state index is -1.51. The fourth-order valence-corrected chi connectivity index (χ4v) is 5.78. The number of carbonyl (C=O) groups excluding carboxylic acids is 2. The van der Waals surface area contributed by atoms with Crippen molar-refractivity contribution < 1.29 is 36.6 Å². The van der Waals surface area contributed by atoms with Gasteiger partial charge in [0.25, 0.3) is 0 Å². The number of rotatable bonds is 10. The van der Waals surface area contributed by atoms with E-state index in [4.69, 9.17) is 9.47 Å². The van der Waals surface area contributed by atoms with E-state index in [0.717, 1.165) is 24.3 Å². The van der Waals surface area contributed by atoms with Gasteiger partial charge in [0.1, 0.15) is 46.4 Å². The molecule has 1 saturated heterocycles. The highest BCUT2D eigenvalue weighted by Crippen LogP contribution is 2.35. The fraction of sp³-hybridized carbons (Fsp3) is 0.412. The molecule has 1 aliphatic rings. The Morgan fingerprint density at radius 2 is 1.67 bits per heavy atom. The highest BCUT2D eigenvalue weighted by molar-refractivity contribution is 5.88. The molecule has 1 fully saturated rings. The van der Waals surface area contributed by atoms with Crippen LogP contribution in [0.2, 0.25) is 0 Å². The van der Waals surface area contributed by atoms with Gasteiger partial charge in [-0.05, 0) is 106 Å². The number of hydrogen-bond donors (Lipinski definition) is 0. The van der Waals surface area contributed by atoms with Crippen LogP contribution in [0.1, 0.15) is 69.2 Å². The number of azide groups is 1. The number of nitrogens with zero attached hydrogens (tertiary/aromatic N) is 4. The standard InChI is InChI=1S/C34H36F4N4O4/c1-33(2,3)46-32(44)42-26(19-45-34(42,4)5)13-14-27-21(7-6-8-28(27)38)17-29(43)31(40-41-39)30(20-9-11-23(35)12-10-20)22-15-24(36)18-25(37)16-22/h6-12,15-16,18,26,30-31H,13-14,17,19H2,1-5H3/t26-,30-,31+/m0/s1. The second-order valence-electron chi connectivity index (χ2n) is 12.7. The van der Waals surface area contributed by atoms with Gasteiger partial charge < -0.3 is 9.47 Å². The van der Waals surface area contributed by atoms with Crippen molar-refractivity contribution in [3.8, 4) is 0 Å². The van der Waals surface area contributed by atoms with Gasteiger partial charge in [-0.3, -0.25) is 9.69 Å². The molecule has 4 rings (SSSR count). The molecule has 0 aliphatic carbocycles. The van der Waals surface area contributed by atoms with Gasteiger partial charge >= 0.3 is 6.09 Å². The molecular weight excluding hydrogens is 604 g/mol. The largest absolute Gasteiger partial charge is 0.444 e. The van der Waals surface area contributed by atoms with E-state index in [-0.39, 0.29) is 42.6 Å². The summed E-state index contributed by atoms with van der Waals surface area (Å²) in [6.45, 7) is 8.92. The zero-order valence-electron chi connectivity index (χ0n) is 26.3. The molecule has 3 aromatic rings. The van der Waals surface area contributed by atoms with Gasteiger partial charge in [0.2, 0.25) is 0 Å². The number of Topliss-reactive ketones (excluding diaryl/α,β-unsaturated/α-hetero) is 1. The molecule has 3 atom stereocenters. The van der Waals surface area contributed by atoms with Crippen molar-refractivity contribution in [2.24, 2.45) is 5.11 Å². The number of ketones is 1. The van der Waals surface area contributed by atoms with E-state index in [1.54, 1.807) is 40.7 Å². The summed E-state index contributed by atoms with van der Waals surface area (Å²) < 4.78 is 69.2. The van der Waals surface area contributed by atoms with Crippen molar-refractivity contribution in [2.45, 2.75) is 83.2 Å². The second-order valence-corrected chi connectivity index (χ2v) is 12.7. The Morgan fingerprint density at radius 1 is 1.02 bits per heavy atom. The van der Waals surface area contributed by atoms with Crippen LogP contribution in [0.5, 0.6) is 0 Å². The number of amides is 1. The fourth-order valence-electron chi connectivity index (χ4n) is 5.78. The van der Waals surface area contributed by atoms with Gasteiger partial charge in [-0.15, -0.1) is 0 Å². The molecule has 12 heteroatoms. The van der Waals surface area contributed by atoms with Gasteiger partial charge in [0, 0.05) is 23.3 Å². The molecule has 0 bridgehead atoms. The van der Waals surface area contributed by atoms with E-state index in [9.17, 15) is 28.3 Å². The summed E-state index contributed by atoms with van der Waals surface area (Å²) in [5, 5.41) is 3.71. The molecule has 244 valence electrons. The molecule has 0 unspecified atom stereocenters. The first-order valence-corrected chi connectivity index (χ1v) is 14.8. The topological polar surface area (TPSA) is 105 Å². The van der Waals surface area contributed by atoms with Gasteiger partial charge in [-0.1, -0.05) is 29.4 Å². The Kier molecular flexibility index (Phi) is 10.4. The van der Waals surface area contributed by atoms with Crippen molar-refractivity contribution in [2.75, 3.05) is 6.61 Å². The molecule has 0 aromatic heterocycles. The maximum absolute atomic E-state index is 15.3. The highest BCUT2D eigenvalue weighted by Gasteiger charge is 2.45. The highest BCUT2D eigenvalue weighted by atomic mass is 19.1. The third kappa shape index (κ3) is 8.24. The molecule has 8 nitrogen and oxygen atoms in total. The maximum Gasteiger partial charge on any atom is 0.412 e. The monoisotopic (exact) mass is 640 g/mol. The molecule has 0 saturated carbocycles. The summed E-state index contributed by atoms with van der Waals surface area (Å²) in [7, 11) is 0. The summed E-state index contributed by atoms with van der Waals surface area (Å²) in [4.78, 5) is 31.3. The van der Waals surface area contributed by atoms with E-state index >= 15 is 4.39 Å². The van der Waals surface area contributed by atoms with Gasteiger partial charge in [-0.2, -0.15) is 0 Å². The lowest BCUT2D eigenvalue weighted by Gasteiger charge is -2.35. The van der Waals surface area contributed by atoms with E-state index in [1.165, 1.54) is 29.2 Å². The number of hydrogen-bond acceptors (Lipinski definition) is 5. The molecule has 1 amide bonds. The number of halogens is 4. The van der Waals surface area contributed by atoms with Crippen molar-refractivity contribution in [1.29, 1.82) is 0 Å². The Labute approximate surface area is 264 Å². The van der Waals surface area contributed by atoms with E-state index in [0.29, 0.717) is 11.6 Å². The van der Waals surface area contributed by atoms with Crippen LogP contribution in [0.15, 0.2) is 65.8 Å². The van der Waals surface area contributed by atoms with Crippen LogP contribution < -0.4 is 0 Å². The lowest BCUT2D eigenvalue weighted by atomic mass is 9.81. The normalized spacial score (nSPS) is 17.2. The summed E-state index contributed by atoms with van der Waals surface area (Å²) in [5.41, 5.74) is 8.53. The lowest BCUT2D eigenvalue weighted by Crippen LogP contribution is -2.50. The van der Waals surface area contributed by atoms with Gasteiger partial charge in [0.05, 0.1) is 12.6 Å². The minimum Gasteiger partial charge on any atom is -0.444 e. The quantitative estimate of drug-likeness (QED) is 0.0965. The van der Waals surface area contributed by atoms with E-state index < -0.39 is 64.5 Å². The first-order valence-electron chi connectivity index (χ1n) is 14.8. The van der Waals surface area contributed by atoms with E-state index in [2.05, 4.69) is 10.0 Å². The molecule has 0 radical (unpaired) electrons. The summed E-state index contributed by atoms with van der Waals surface area (Å²) in [6, 6.07) is 9.91. The third-order valence-electron chi connectivity index (χ3n) is 7.77. The summed E-state index contributed by atoms with van der Waals surface area (Å²) in [6.07, 6.45) is -0.539. The molecule has 3 aromatic carbocycles. The second kappa shape index (κ2) is 13.9. The first kappa shape index (κ1) is 34.5. The van der Waals surface area contributed by atoms with Crippen LogP contribution in [0.3, 0.4) is 0 Å². The Balaban J connectivity index is 1.64. The van der Waals surface area contributed by atoms with Crippen LogP contribution in [0.4, 0.5) is 22.4 Å². The van der Waals surface area contributed by atoms with Crippen LogP contribution >= 0.6 is 0 Å². The number of carbonyl (C=O) groups is 2. The zero-order valence-corrected chi connectivity index (χ0v) is 26.3. The van der Waals surface area contributed by atoms with Crippen molar-refractivity contribution in [1.82, 2.24) is 4.90 Å². The average molecular weight is 641 g/mol. The molecule has 46 heavy (non-hydrogen) atoms. The SMILES string of the molecule is CC(C)(C)OC(=O)N1[C@@H](CCc2c(F)cccc2CC(=O)[C@@H](N=[N+]=[N-])[C@@H](c2ccc(F)cc2)c2cc(F)cc(F)c2)COC1(C)C. The van der Waals surface area contributed by atoms with Crippen LogP contribution in [0.25, 0.3) is 10.4 Å². The Morgan fingerprint density at radius 3 is 2.28 bits per heavy atom. The van der Waals surface area contributed by atoms with Crippen LogP contribution in [0, 0.1) is 23.3 Å². The summed E-state index contributed by atoms with van der Waals surface area (Å²) in [5.74, 6) is -4.81. The number of benzene rings is 3. The maximum atomic E-state index is 15.3. The summed E-state index contributed by atoms with van der Waals surface area (Å²) >= 11 is 0. The smallest absolute Gasteiger partial charge is 0.412 e. The number of ether oxygens (including phenoxy) is 2. The van der Waals surface area contributed by atoms with Crippen molar-refractivity contribution in [3.63, 3.8) is 0 Å². The zero-order chi connectivity index (χ0) is 33.8. The van der Waals surface area contributed by atoms with Gasteiger partial charge in [-0.25, -0.2) is 22.4 Å².